The van der Waals surface area contributed by atoms with Gasteiger partial charge in [0.1, 0.15) is 5.75 Å². The lowest BCUT2D eigenvalue weighted by molar-refractivity contribution is -0.122. The Morgan fingerprint density at radius 2 is 1.57 bits per heavy atom. The molecule has 30 heavy (non-hydrogen) atoms. The Balaban J connectivity index is 1.59. The highest BCUT2D eigenvalue weighted by atomic mass is 35.5. The number of amides is 2. The second-order valence-electron chi connectivity index (χ2n) is 6.65. The molecular formula is C23H20Cl2N2O3. The summed E-state index contributed by atoms with van der Waals surface area (Å²) in [4.78, 5) is 24.8. The van der Waals surface area contributed by atoms with Crippen LogP contribution in [0.3, 0.4) is 0 Å². The van der Waals surface area contributed by atoms with Crippen molar-refractivity contribution in [1.29, 1.82) is 0 Å². The molecule has 7 heteroatoms. The van der Waals surface area contributed by atoms with Crippen molar-refractivity contribution in [2.24, 2.45) is 0 Å². The number of carbonyl (C=O) groups excluding carboxylic acids is 2. The topological polar surface area (TPSA) is 67.4 Å². The number of halogens is 2. The molecule has 0 spiro atoms. The monoisotopic (exact) mass is 442 g/mol. The van der Waals surface area contributed by atoms with Gasteiger partial charge in [-0.1, -0.05) is 29.3 Å². The van der Waals surface area contributed by atoms with E-state index >= 15 is 0 Å². The van der Waals surface area contributed by atoms with E-state index in [1.807, 2.05) is 6.92 Å². The molecule has 5 nitrogen and oxygen atoms in total. The number of hydrogen-bond acceptors (Lipinski definition) is 3. The number of ether oxygens (including phenoxy) is 1. The molecule has 1 atom stereocenters. The molecule has 0 aromatic heterocycles. The van der Waals surface area contributed by atoms with Crippen molar-refractivity contribution in [1.82, 2.24) is 0 Å². The molecule has 3 aromatic rings. The van der Waals surface area contributed by atoms with Gasteiger partial charge in [-0.25, -0.2) is 0 Å². The Hall–Kier alpha value is -3.02. The number of anilines is 2. The zero-order chi connectivity index (χ0) is 21.7. The van der Waals surface area contributed by atoms with E-state index in [9.17, 15) is 9.59 Å². The fourth-order valence-electron chi connectivity index (χ4n) is 2.66. The van der Waals surface area contributed by atoms with Crippen molar-refractivity contribution in [3.63, 3.8) is 0 Å². The molecule has 3 rings (SSSR count). The van der Waals surface area contributed by atoms with Gasteiger partial charge < -0.3 is 15.4 Å². The van der Waals surface area contributed by atoms with Crippen LogP contribution >= 0.6 is 23.2 Å². The normalized spacial score (nSPS) is 11.5. The maximum Gasteiger partial charge on any atom is 0.265 e. The van der Waals surface area contributed by atoms with E-state index in [0.29, 0.717) is 32.7 Å². The maximum atomic E-state index is 12.4. The molecule has 0 saturated carbocycles. The molecule has 154 valence electrons. The third kappa shape index (κ3) is 5.53. The van der Waals surface area contributed by atoms with Crippen molar-refractivity contribution in [2.45, 2.75) is 20.0 Å². The second-order valence-corrected chi connectivity index (χ2v) is 7.49. The number of rotatable bonds is 6. The summed E-state index contributed by atoms with van der Waals surface area (Å²) >= 11 is 11.9. The number of nitrogens with one attached hydrogen (secondary N) is 2. The van der Waals surface area contributed by atoms with Crippen molar-refractivity contribution in [3.8, 4) is 5.75 Å². The van der Waals surface area contributed by atoms with E-state index in [-0.39, 0.29) is 11.8 Å². The van der Waals surface area contributed by atoms with Gasteiger partial charge in [0.25, 0.3) is 11.8 Å². The minimum atomic E-state index is -0.739. The number of carbonyl (C=O) groups is 2. The second kappa shape index (κ2) is 9.65. The van der Waals surface area contributed by atoms with Crippen LogP contribution < -0.4 is 15.4 Å². The summed E-state index contributed by atoms with van der Waals surface area (Å²) in [5.41, 5.74) is 2.53. The van der Waals surface area contributed by atoms with Gasteiger partial charge in [-0.05, 0) is 80.1 Å². The Labute approximate surface area is 185 Å². The first kappa shape index (κ1) is 21.7. The fraction of sp³-hybridized carbons (Fsp3) is 0.130. The van der Waals surface area contributed by atoms with Gasteiger partial charge in [0.15, 0.2) is 6.10 Å². The lowest BCUT2D eigenvalue weighted by atomic mass is 10.2. The van der Waals surface area contributed by atoms with E-state index in [4.69, 9.17) is 27.9 Å². The molecule has 2 amide bonds. The molecule has 0 heterocycles. The van der Waals surface area contributed by atoms with E-state index in [1.54, 1.807) is 73.7 Å². The van der Waals surface area contributed by atoms with Crippen LogP contribution in [0, 0.1) is 6.92 Å². The maximum absolute atomic E-state index is 12.4. The van der Waals surface area contributed by atoms with Crippen LogP contribution in [0.15, 0.2) is 66.7 Å². The highest BCUT2D eigenvalue weighted by Crippen LogP contribution is 2.23. The average molecular weight is 443 g/mol. The van der Waals surface area contributed by atoms with Gasteiger partial charge in [-0.15, -0.1) is 0 Å². The lowest BCUT2D eigenvalue weighted by Gasteiger charge is -2.16. The van der Waals surface area contributed by atoms with Crippen molar-refractivity contribution >= 4 is 46.4 Å². The van der Waals surface area contributed by atoms with Crippen LogP contribution in [0.5, 0.6) is 5.75 Å². The van der Waals surface area contributed by atoms with Gasteiger partial charge in [-0.3, -0.25) is 9.59 Å². The van der Waals surface area contributed by atoms with E-state index in [2.05, 4.69) is 10.6 Å². The Kier molecular flexibility index (Phi) is 6.98. The van der Waals surface area contributed by atoms with Crippen LogP contribution in [0.25, 0.3) is 0 Å². The van der Waals surface area contributed by atoms with Crippen LogP contribution in [0.2, 0.25) is 10.0 Å². The molecule has 3 aromatic carbocycles. The van der Waals surface area contributed by atoms with Gasteiger partial charge in [-0.2, -0.15) is 0 Å². The van der Waals surface area contributed by atoms with Crippen LogP contribution in [-0.2, 0) is 4.79 Å². The Morgan fingerprint density at radius 3 is 2.23 bits per heavy atom. The average Bonchev–Trinajstić information content (AvgIpc) is 2.73. The first-order valence-electron chi connectivity index (χ1n) is 9.23. The number of benzene rings is 3. The van der Waals surface area contributed by atoms with E-state index in [1.165, 1.54) is 0 Å². The van der Waals surface area contributed by atoms with Crippen LogP contribution in [0.1, 0.15) is 22.8 Å². The van der Waals surface area contributed by atoms with Crippen molar-refractivity contribution < 1.29 is 14.3 Å². The molecule has 0 bridgehead atoms. The molecule has 0 saturated heterocycles. The highest BCUT2D eigenvalue weighted by molar-refractivity contribution is 6.31. The summed E-state index contributed by atoms with van der Waals surface area (Å²) in [7, 11) is 0. The largest absolute Gasteiger partial charge is 0.481 e. The predicted molar refractivity (Wildman–Crippen MR) is 121 cm³/mol. The zero-order valence-corrected chi connectivity index (χ0v) is 17.9. The molecule has 0 aliphatic heterocycles. The highest BCUT2D eigenvalue weighted by Gasteiger charge is 2.16. The molecule has 0 radical (unpaired) electrons. The summed E-state index contributed by atoms with van der Waals surface area (Å²) in [6.45, 7) is 3.48. The Bertz CT molecular complexity index is 1050. The molecule has 1 unspecified atom stereocenters. The standard InChI is InChI=1S/C23H20Cl2N2O3/c1-14-20(25)4-3-5-21(14)27-22(28)15(2)30-19-12-6-16(7-13-19)23(29)26-18-10-8-17(24)9-11-18/h3-13,15H,1-2H3,(H,26,29)(H,27,28). The third-order valence-electron chi connectivity index (χ3n) is 4.43. The van der Waals surface area contributed by atoms with Gasteiger partial charge in [0.2, 0.25) is 0 Å². The summed E-state index contributed by atoms with van der Waals surface area (Å²) in [5.74, 6) is -0.0838. The molecule has 0 aliphatic carbocycles. The minimum absolute atomic E-state index is 0.258. The quantitative estimate of drug-likeness (QED) is 0.494. The SMILES string of the molecule is Cc1c(Cl)cccc1NC(=O)C(C)Oc1ccc(C(=O)Nc2ccc(Cl)cc2)cc1. The minimum Gasteiger partial charge on any atom is -0.481 e. The fourth-order valence-corrected chi connectivity index (χ4v) is 2.96. The first-order chi connectivity index (χ1) is 14.3. The molecule has 0 fully saturated rings. The molecule has 0 aliphatic rings. The zero-order valence-electron chi connectivity index (χ0n) is 16.4. The lowest BCUT2D eigenvalue weighted by Crippen LogP contribution is -2.30. The predicted octanol–water partition coefficient (Wildman–Crippen LogP) is 5.96. The van der Waals surface area contributed by atoms with E-state index < -0.39 is 6.10 Å². The molecule has 2 N–H and O–H groups in total. The Morgan fingerprint density at radius 1 is 0.900 bits per heavy atom. The number of hydrogen-bond donors (Lipinski definition) is 2. The van der Waals surface area contributed by atoms with Crippen molar-refractivity contribution in [3.05, 3.63) is 87.9 Å². The molecular weight excluding hydrogens is 423 g/mol. The summed E-state index contributed by atoms with van der Waals surface area (Å²) in [6.07, 6.45) is -0.739. The third-order valence-corrected chi connectivity index (χ3v) is 5.09. The first-order valence-corrected chi connectivity index (χ1v) is 9.98. The van der Waals surface area contributed by atoms with E-state index in [0.717, 1.165) is 5.56 Å². The summed E-state index contributed by atoms with van der Waals surface area (Å²) in [6, 6.07) is 18.7. The van der Waals surface area contributed by atoms with Gasteiger partial charge in [0.05, 0.1) is 0 Å². The van der Waals surface area contributed by atoms with Crippen LogP contribution in [0.4, 0.5) is 11.4 Å². The van der Waals surface area contributed by atoms with Gasteiger partial charge >= 0.3 is 0 Å². The van der Waals surface area contributed by atoms with Gasteiger partial charge in [0, 0.05) is 27.0 Å². The van der Waals surface area contributed by atoms with Crippen LogP contribution in [-0.4, -0.2) is 17.9 Å². The summed E-state index contributed by atoms with van der Waals surface area (Å²) in [5, 5.41) is 6.77. The van der Waals surface area contributed by atoms with Crippen molar-refractivity contribution in [2.75, 3.05) is 10.6 Å². The smallest absolute Gasteiger partial charge is 0.265 e. The summed E-state index contributed by atoms with van der Waals surface area (Å²) < 4.78 is 5.69.